The van der Waals surface area contributed by atoms with E-state index in [1.807, 2.05) is 0 Å². The van der Waals surface area contributed by atoms with Crippen molar-refractivity contribution < 1.29 is 56.5 Å². The van der Waals surface area contributed by atoms with Gasteiger partial charge in [-0.15, -0.1) is 6.61 Å². The Morgan fingerprint density at radius 1 is 1.30 bits per heavy atom. The third-order valence-corrected chi connectivity index (χ3v) is 0.945. The number of rotatable bonds is 2. The van der Waals surface area contributed by atoms with Gasteiger partial charge in [0, 0.05) is 12.4 Å². The molecule has 0 aliphatic rings. The fourth-order valence-corrected chi connectivity index (χ4v) is 0.550. The van der Waals surface area contributed by atoms with Crippen molar-refractivity contribution in [3.8, 4) is 0 Å². The Morgan fingerprint density at radius 2 is 1.90 bits per heavy atom. The van der Waals surface area contributed by atoms with Gasteiger partial charge in [-0.3, -0.25) is 0 Å². The van der Waals surface area contributed by atoms with Gasteiger partial charge < -0.3 is 5.11 Å². The molecule has 0 amide bonds. The van der Waals surface area contributed by atoms with E-state index in [9.17, 15) is 5.11 Å². The van der Waals surface area contributed by atoms with Crippen molar-refractivity contribution in [2.45, 2.75) is 6.42 Å². The molecule has 0 aromatic carbocycles. The molecule has 4 heteroatoms. The van der Waals surface area contributed by atoms with Crippen molar-refractivity contribution in [3.63, 3.8) is 0 Å². The van der Waals surface area contributed by atoms with Gasteiger partial charge in [-0.2, -0.15) is 0 Å². The summed E-state index contributed by atoms with van der Waals surface area (Å²) in [4.78, 5) is 7.71. The summed E-state index contributed by atoms with van der Waals surface area (Å²) in [5.41, 5.74) is 0. The second-order valence-corrected chi connectivity index (χ2v) is 1.62. The largest absolute Gasteiger partial charge is 1.00 e. The van der Waals surface area contributed by atoms with Crippen LogP contribution in [-0.2, 0) is 6.42 Å². The zero-order chi connectivity index (χ0) is 6.53. The summed E-state index contributed by atoms with van der Waals surface area (Å²) in [5.74, 6) is 0.632. The van der Waals surface area contributed by atoms with E-state index in [-0.39, 0.29) is 58.0 Å². The Labute approximate surface area is 102 Å². The normalized spacial score (nSPS) is 8.50. The minimum absolute atomic E-state index is 0. The van der Waals surface area contributed by atoms with Crippen molar-refractivity contribution in [3.05, 3.63) is 24.3 Å². The summed E-state index contributed by atoms with van der Waals surface area (Å²) >= 11 is 0. The molecule has 0 atom stereocenters. The fourth-order valence-electron chi connectivity index (χ4n) is 0.550. The Balaban J connectivity index is 0.000000810. The quantitative estimate of drug-likeness (QED) is 0.422. The van der Waals surface area contributed by atoms with Gasteiger partial charge >= 0.3 is 51.4 Å². The minimum atomic E-state index is -0.135. The van der Waals surface area contributed by atoms with Crippen LogP contribution in [0.25, 0.3) is 0 Å². The van der Waals surface area contributed by atoms with Crippen LogP contribution in [0.4, 0.5) is 0 Å². The standard InChI is InChI=1S/C6H7N2O.K/c9-5-2-6-7-3-1-4-8-6;/h1,3-4H,2,5H2;/q-1;+1. The molecule has 0 fully saturated rings. The maximum absolute atomic E-state index is 10.0. The van der Waals surface area contributed by atoms with Crippen LogP contribution >= 0.6 is 0 Å². The van der Waals surface area contributed by atoms with Crippen LogP contribution in [0.5, 0.6) is 0 Å². The number of aromatic nitrogens is 2. The minimum Gasteiger partial charge on any atom is -0.854 e. The Hall–Kier alpha value is 0.676. The molecule has 0 saturated heterocycles. The van der Waals surface area contributed by atoms with Crippen molar-refractivity contribution in [1.82, 2.24) is 9.97 Å². The van der Waals surface area contributed by atoms with E-state index in [1.165, 1.54) is 0 Å². The van der Waals surface area contributed by atoms with E-state index in [1.54, 1.807) is 18.5 Å². The first-order chi connectivity index (χ1) is 4.43. The maximum Gasteiger partial charge on any atom is 1.00 e. The molecule has 0 saturated carbocycles. The molecule has 0 aliphatic carbocycles. The summed E-state index contributed by atoms with van der Waals surface area (Å²) < 4.78 is 0. The molecule has 1 heterocycles. The van der Waals surface area contributed by atoms with Gasteiger partial charge in [0.15, 0.2) is 0 Å². The maximum atomic E-state index is 10.0. The SMILES string of the molecule is [K+].[O-]CCc1ncccn1. The second kappa shape index (κ2) is 6.39. The third-order valence-electron chi connectivity index (χ3n) is 0.945. The van der Waals surface area contributed by atoms with Crippen molar-refractivity contribution in [2.75, 3.05) is 6.61 Å². The van der Waals surface area contributed by atoms with E-state index < -0.39 is 0 Å². The first-order valence-electron chi connectivity index (χ1n) is 2.77. The predicted molar refractivity (Wildman–Crippen MR) is 30.6 cm³/mol. The predicted octanol–water partition coefficient (Wildman–Crippen LogP) is -3.62. The van der Waals surface area contributed by atoms with E-state index in [2.05, 4.69) is 9.97 Å². The molecular weight excluding hydrogens is 155 g/mol. The van der Waals surface area contributed by atoms with Crippen LogP contribution < -0.4 is 56.5 Å². The molecule has 1 rings (SSSR count). The van der Waals surface area contributed by atoms with Crippen LogP contribution in [0.3, 0.4) is 0 Å². The van der Waals surface area contributed by atoms with Gasteiger partial charge in [0.05, 0.1) is 0 Å². The van der Waals surface area contributed by atoms with E-state index in [0.717, 1.165) is 0 Å². The molecule has 10 heavy (non-hydrogen) atoms. The smallest absolute Gasteiger partial charge is 0.854 e. The topological polar surface area (TPSA) is 48.8 Å². The summed E-state index contributed by atoms with van der Waals surface area (Å²) in [6.07, 6.45) is 3.71. The van der Waals surface area contributed by atoms with E-state index >= 15 is 0 Å². The molecular formula is C6H7KN2O. The number of nitrogens with zero attached hydrogens (tertiary/aromatic N) is 2. The molecule has 1 aromatic heterocycles. The molecule has 0 unspecified atom stereocenters. The van der Waals surface area contributed by atoms with Gasteiger partial charge in [-0.05, 0) is 12.5 Å². The van der Waals surface area contributed by atoms with Gasteiger partial charge in [0.1, 0.15) is 5.82 Å². The molecule has 0 bridgehead atoms. The molecule has 3 nitrogen and oxygen atoms in total. The first-order valence-corrected chi connectivity index (χ1v) is 2.77. The monoisotopic (exact) mass is 162 g/mol. The molecule has 1 aromatic rings. The van der Waals surface area contributed by atoms with Crippen LogP contribution in [-0.4, -0.2) is 16.6 Å². The van der Waals surface area contributed by atoms with Crippen LogP contribution in [0.15, 0.2) is 18.5 Å². The van der Waals surface area contributed by atoms with Crippen molar-refractivity contribution in [1.29, 1.82) is 0 Å². The van der Waals surface area contributed by atoms with Crippen molar-refractivity contribution in [2.24, 2.45) is 0 Å². The van der Waals surface area contributed by atoms with E-state index in [0.29, 0.717) is 12.2 Å². The van der Waals surface area contributed by atoms with Gasteiger partial charge in [0.2, 0.25) is 0 Å². The van der Waals surface area contributed by atoms with Gasteiger partial charge in [0.25, 0.3) is 0 Å². The zero-order valence-corrected chi connectivity index (χ0v) is 9.07. The first kappa shape index (κ1) is 10.7. The van der Waals surface area contributed by atoms with Gasteiger partial charge in [-0.25, -0.2) is 9.97 Å². The third kappa shape index (κ3) is 3.75. The number of hydrogen-bond acceptors (Lipinski definition) is 3. The van der Waals surface area contributed by atoms with E-state index in [4.69, 9.17) is 0 Å². The summed E-state index contributed by atoms with van der Waals surface area (Å²) in [5, 5.41) is 10.0. The Morgan fingerprint density at radius 3 is 2.40 bits per heavy atom. The summed E-state index contributed by atoms with van der Waals surface area (Å²) in [6, 6.07) is 1.73. The van der Waals surface area contributed by atoms with Crippen LogP contribution in [0.2, 0.25) is 0 Å². The molecule has 0 radical (unpaired) electrons. The average molecular weight is 162 g/mol. The average Bonchev–Trinajstić information content (AvgIpc) is 1.91. The molecule has 0 spiro atoms. The Bertz CT molecular complexity index is 169. The fraction of sp³-hybridized carbons (Fsp3) is 0.333. The van der Waals surface area contributed by atoms with Crippen molar-refractivity contribution >= 4 is 0 Å². The van der Waals surface area contributed by atoms with Gasteiger partial charge in [-0.1, -0.05) is 0 Å². The molecule has 0 aliphatic heterocycles. The molecule has 48 valence electrons. The summed E-state index contributed by atoms with van der Waals surface area (Å²) in [6.45, 7) is -0.135. The second-order valence-electron chi connectivity index (χ2n) is 1.62. The summed E-state index contributed by atoms with van der Waals surface area (Å²) in [7, 11) is 0. The van der Waals surface area contributed by atoms with Crippen LogP contribution in [0, 0.1) is 0 Å². The van der Waals surface area contributed by atoms with Crippen LogP contribution in [0.1, 0.15) is 5.82 Å². The Kier molecular flexibility index (Phi) is 6.82. The molecule has 0 N–H and O–H groups in total. The number of hydrogen-bond donors (Lipinski definition) is 0. The zero-order valence-electron chi connectivity index (χ0n) is 5.95.